The second-order valence-corrected chi connectivity index (χ2v) is 5.33. The monoisotopic (exact) mass is 344 g/mol. The van der Waals surface area contributed by atoms with Gasteiger partial charge in [-0.05, 0) is 17.7 Å². The Morgan fingerprint density at radius 2 is 1.90 bits per heavy atom. The Balaban J connectivity index is 2.08. The Morgan fingerprint density at radius 3 is 2.67 bits per heavy atom. The highest BCUT2D eigenvalue weighted by Crippen LogP contribution is 2.23. The van der Waals surface area contributed by atoms with Crippen molar-refractivity contribution in [3.8, 4) is 16.9 Å². The molecular weight excluding hydrogens is 332 g/mol. The van der Waals surface area contributed by atoms with Crippen molar-refractivity contribution in [2.75, 3.05) is 11.9 Å². The van der Waals surface area contributed by atoms with Crippen LogP contribution in [0.5, 0.6) is 5.75 Å². The lowest BCUT2D eigenvalue weighted by molar-refractivity contribution is 0.345. The fourth-order valence-electron chi connectivity index (χ4n) is 2.17. The quantitative estimate of drug-likeness (QED) is 0.664. The second kappa shape index (κ2) is 6.14. The van der Waals surface area contributed by atoms with Gasteiger partial charge in [0.2, 0.25) is 0 Å². The molecule has 0 unspecified atom stereocenters. The van der Waals surface area contributed by atoms with Gasteiger partial charge in [0, 0.05) is 11.4 Å². The summed E-state index contributed by atoms with van der Waals surface area (Å²) in [6, 6.07) is 14.8. The number of hydrogen-bond donors (Lipinski definition) is 0. The lowest BCUT2D eigenvalue weighted by atomic mass is 10.1. The highest BCUT2D eigenvalue weighted by Gasteiger charge is 2.09. The molecule has 106 valence electrons. The molecule has 0 N–H and O–H groups in total. The highest BCUT2D eigenvalue weighted by molar-refractivity contribution is 9.09. The molecule has 1 heterocycles. The van der Waals surface area contributed by atoms with E-state index in [9.17, 15) is 4.79 Å². The lowest BCUT2D eigenvalue weighted by Gasteiger charge is -2.06. The van der Waals surface area contributed by atoms with Gasteiger partial charge in [0.15, 0.2) is 5.43 Å². The number of rotatable bonds is 4. The van der Waals surface area contributed by atoms with E-state index in [0.717, 1.165) is 10.9 Å². The molecule has 21 heavy (non-hydrogen) atoms. The first kappa shape index (κ1) is 13.9. The van der Waals surface area contributed by atoms with Gasteiger partial charge in [-0.25, -0.2) is 0 Å². The minimum atomic E-state index is -0.0329. The van der Waals surface area contributed by atoms with Gasteiger partial charge in [0.05, 0.1) is 17.6 Å². The molecule has 3 aromatic rings. The van der Waals surface area contributed by atoms with Crippen LogP contribution in [0.25, 0.3) is 22.1 Å². The maximum absolute atomic E-state index is 12.5. The topological polar surface area (TPSA) is 39.4 Å². The van der Waals surface area contributed by atoms with Gasteiger partial charge in [-0.2, -0.15) is 0 Å². The van der Waals surface area contributed by atoms with Gasteiger partial charge >= 0.3 is 0 Å². The fraction of sp³-hybridized carbons (Fsp3) is 0.118. The molecule has 0 saturated heterocycles. The van der Waals surface area contributed by atoms with E-state index in [2.05, 4.69) is 15.9 Å². The third-order valence-corrected chi connectivity index (χ3v) is 3.50. The third-order valence-electron chi connectivity index (χ3n) is 3.18. The summed E-state index contributed by atoms with van der Waals surface area (Å²) in [5, 5.41) is 1.31. The number of hydrogen-bond acceptors (Lipinski definition) is 3. The standard InChI is InChI=1S/C17H13BrO3/c18-8-9-20-13-6-7-14-16(10-13)21-11-15(17(14)19)12-4-2-1-3-5-12/h1-7,10-11H,8-9H2. The van der Waals surface area contributed by atoms with Crippen molar-refractivity contribution in [1.29, 1.82) is 0 Å². The van der Waals surface area contributed by atoms with Crippen molar-refractivity contribution >= 4 is 26.9 Å². The molecule has 4 heteroatoms. The lowest BCUT2D eigenvalue weighted by Crippen LogP contribution is -2.05. The number of alkyl halides is 1. The molecule has 0 atom stereocenters. The minimum absolute atomic E-state index is 0.0329. The van der Waals surface area contributed by atoms with E-state index < -0.39 is 0 Å². The van der Waals surface area contributed by atoms with Gasteiger partial charge < -0.3 is 9.15 Å². The Kier molecular flexibility index (Phi) is 4.06. The molecule has 0 saturated carbocycles. The molecule has 0 spiro atoms. The maximum atomic E-state index is 12.5. The van der Waals surface area contributed by atoms with E-state index in [-0.39, 0.29) is 5.43 Å². The van der Waals surface area contributed by atoms with Crippen LogP contribution in [0.15, 0.2) is 64.0 Å². The van der Waals surface area contributed by atoms with E-state index in [1.54, 1.807) is 18.2 Å². The van der Waals surface area contributed by atoms with Crippen molar-refractivity contribution in [3.63, 3.8) is 0 Å². The Bertz CT molecular complexity index is 809. The normalized spacial score (nSPS) is 10.7. The van der Waals surface area contributed by atoms with Crippen molar-refractivity contribution in [2.45, 2.75) is 0 Å². The van der Waals surface area contributed by atoms with Gasteiger partial charge in [-0.15, -0.1) is 0 Å². The van der Waals surface area contributed by atoms with Crippen LogP contribution >= 0.6 is 15.9 Å². The van der Waals surface area contributed by atoms with E-state index in [1.807, 2.05) is 30.3 Å². The van der Waals surface area contributed by atoms with Crippen molar-refractivity contribution in [2.24, 2.45) is 0 Å². The van der Waals surface area contributed by atoms with Gasteiger partial charge in [-0.1, -0.05) is 46.3 Å². The van der Waals surface area contributed by atoms with Crippen LogP contribution in [0.2, 0.25) is 0 Å². The van der Waals surface area contributed by atoms with Crippen molar-refractivity contribution < 1.29 is 9.15 Å². The molecule has 0 aliphatic rings. The molecule has 3 nitrogen and oxygen atoms in total. The van der Waals surface area contributed by atoms with Gasteiger partial charge in [0.1, 0.15) is 17.6 Å². The minimum Gasteiger partial charge on any atom is -0.493 e. The van der Waals surface area contributed by atoms with Crippen LogP contribution in [0.3, 0.4) is 0 Å². The number of fused-ring (bicyclic) bond motifs is 1. The zero-order valence-corrected chi connectivity index (χ0v) is 12.8. The summed E-state index contributed by atoms with van der Waals surface area (Å²) in [6.45, 7) is 0.567. The van der Waals surface area contributed by atoms with E-state index in [1.165, 1.54) is 6.26 Å². The Labute approximate surface area is 130 Å². The average molecular weight is 345 g/mol. The molecule has 0 radical (unpaired) electrons. The van der Waals surface area contributed by atoms with Crippen LogP contribution in [-0.4, -0.2) is 11.9 Å². The van der Waals surface area contributed by atoms with Crippen LogP contribution in [0.4, 0.5) is 0 Å². The maximum Gasteiger partial charge on any atom is 0.200 e. The predicted molar refractivity (Wildman–Crippen MR) is 87.2 cm³/mol. The van der Waals surface area contributed by atoms with Crippen molar-refractivity contribution in [3.05, 3.63) is 65.0 Å². The van der Waals surface area contributed by atoms with Gasteiger partial charge in [-0.3, -0.25) is 4.79 Å². The molecule has 0 fully saturated rings. The molecule has 0 amide bonds. The highest BCUT2D eigenvalue weighted by atomic mass is 79.9. The Hall–Kier alpha value is -2.07. The van der Waals surface area contributed by atoms with Crippen LogP contribution in [-0.2, 0) is 0 Å². The third kappa shape index (κ3) is 2.85. The first-order valence-electron chi connectivity index (χ1n) is 6.59. The average Bonchev–Trinajstić information content (AvgIpc) is 2.54. The zero-order valence-electron chi connectivity index (χ0n) is 11.2. The second-order valence-electron chi connectivity index (χ2n) is 4.54. The SMILES string of the molecule is O=c1c(-c2ccccc2)coc2cc(OCCBr)ccc12. The van der Waals surface area contributed by atoms with E-state index in [4.69, 9.17) is 9.15 Å². The smallest absolute Gasteiger partial charge is 0.200 e. The summed E-state index contributed by atoms with van der Waals surface area (Å²) in [7, 11) is 0. The summed E-state index contributed by atoms with van der Waals surface area (Å²) in [5.41, 5.74) is 1.92. The molecule has 2 aromatic carbocycles. The molecule has 3 rings (SSSR count). The van der Waals surface area contributed by atoms with Crippen molar-refractivity contribution in [1.82, 2.24) is 0 Å². The largest absolute Gasteiger partial charge is 0.493 e. The number of benzene rings is 2. The molecular formula is C17H13BrO3. The first-order valence-corrected chi connectivity index (χ1v) is 7.71. The summed E-state index contributed by atoms with van der Waals surface area (Å²) < 4.78 is 11.1. The summed E-state index contributed by atoms with van der Waals surface area (Å²) in [5.74, 6) is 0.692. The summed E-state index contributed by atoms with van der Waals surface area (Å²) >= 11 is 3.31. The molecule has 0 aliphatic heterocycles. The first-order chi connectivity index (χ1) is 10.3. The molecule has 0 aliphatic carbocycles. The van der Waals surface area contributed by atoms with Crippen LogP contribution in [0.1, 0.15) is 0 Å². The number of ether oxygens (including phenoxy) is 1. The van der Waals surface area contributed by atoms with E-state index in [0.29, 0.717) is 28.9 Å². The molecule has 1 aromatic heterocycles. The van der Waals surface area contributed by atoms with Crippen LogP contribution in [0, 0.1) is 0 Å². The van der Waals surface area contributed by atoms with Gasteiger partial charge in [0.25, 0.3) is 0 Å². The number of halogens is 1. The van der Waals surface area contributed by atoms with E-state index >= 15 is 0 Å². The summed E-state index contributed by atoms with van der Waals surface area (Å²) in [6.07, 6.45) is 1.51. The van der Waals surface area contributed by atoms with Crippen LogP contribution < -0.4 is 10.2 Å². The zero-order chi connectivity index (χ0) is 14.7. The molecule has 0 bridgehead atoms. The Morgan fingerprint density at radius 1 is 1.10 bits per heavy atom. The predicted octanol–water partition coefficient (Wildman–Crippen LogP) is 4.23. The summed E-state index contributed by atoms with van der Waals surface area (Å²) in [4.78, 5) is 12.5. The fourth-order valence-corrected chi connectivity index (χ4v) is 2.33.